The summed E-state index contributed by atoms with van der Waals surface area (Å²) < 4.78 is 0. The van der Waals surface area contributed by atoms with Crippen LogP contribution in [0.25, 0.3) is 10.9 Å². The summed E-state index contributed by atoms with van der Waals surface area (Å²) in [6, 6.07) is 7.03. The number of thioether (sulfide) groups is 1. The Bertz CT molecular complexity index is 686. The Balaban J connectivity index is 1.62. The van der Waals surface area contributed by atoms with Crippen LogP contribution in [0.15, 0.2) is 29.4 Å². The summed E-state index contributed by atoms with van der Waals surface area (Å²) in [5, 5.41) is 8.30. The second kappa shape index (κ2) is 8.47. The lowest BCUT2D eigenvalue weighted by atomic mass is 10.1. The molecule has 1 aromatic carbocycles. The molecule has 0 spiro atoms. The summed E-state index contributed by atoms with van der Waals surface area (Å²) >= 11 is 2.04. The van der Waals surface area contributed by atoms with Gasteiger partial charge in [0.2, 0.25) is 0 Å². The van der Waals surface area contributed by atoms with Gasteiger partial charge >= 0.3 is 0 Å². The smallest absolute Gasteiger partial charge is 0.191 e. The minimum atomic E-state index is 0.553. The first-order valence-electron chi connectivity index (χ1n) is 8.96. The second-order valence-electron chi connectivity index (χ2n) is 6.38. The summed E-state index contributed by atoms with van der Waals surface area (Å²) in [5.41, 5.74) is 3.90. The van der Waals surface area contributed by atoms with Gasteiger partial charge in [-0.25, -0.2) is 0 Å². The molecule has 1 unspecified atom stereocenters. The molecule has 3 rings (SSSR count). The second-order valence-corrected chi connectivity index (χ2v) is 7.53. The maximum absolute atomic E-state index is 4.78. The van der Waals surface area contributed by atoms with Gasteiger partial charge in [0.05, 0.1) is 0 Å². The van der Waals surface area contributed by atoms with Gasteiger partial charge in [0.15, 0.2) is 5.96 Å². The number of nitrogens with zero attached hydrogens (tertiary/aromatic N) is 1. The van der Waals surface area contributed by atoms with Gasteiger partial charge in [-0.05, 0) is 50.0 Å². The fourth-order valence-electron chi connectivity index (χ4n) is 3.23. The number of H-pyrrole nitrogens is 1. The fourth-order valence-corrected chi connectivity index (χ4v) is 4.30. The summed E-state index contributed by atoms with van der Waals surface area (Å²) in [6.45, 7) is 5.97. The van der Waals surface area contributed by atoms with Crippen molar-refractivity contribution in [3.63, 3.8) is 0 Å². The summed E-state index contributed by atoms with van der Waals surface area (Å²) in [5.74, 6) is 3.44. The number of aryl methyl sites for hydroxylation is 1. The van der Waals surface area contributed by atoms with Crippen LogP contribution in [0, 0.1) is 6.92 Å². The monoisotopic (exact) mass is 344 g/mol. The van der Waals surface area contributed by atoms with E-state index in [9.17, 15) is 0 Å². The predicted octanol–water partition coefficient (Wildman–Crippen LogP) is 3.47. The van der Waals surface area contributed by atoms with Gasteiger partial charge in [0.1, 0.15) is 0 Å². The maximum atomic E-state index is 4.78. The van der Waals surface area contributed by atoms with E-state index in [0.29, 0.717) is 6.04 Å². The Morgan fingerprint density at radius 1 is 1.42 bits per heavy atom. The molecule has 2 aromatic rings. The zero-order valence-electron chi connectivity index (χ0n) is 14.7. The van der Waals surface area contributed by atoms with Crippen molar-refractivity contribution in [3.8, 4) is 0 Å². The molecule has 1 saturated heterocycles. The fraction of sp³-hybridized carbons (Fsp3) is 0.526. The SMILES string of the molecule is CCNC(=NCCc1c[nH]c2c(C)cccc12)NC1CCCSC1. The van der Waals surface area contributed by atoms with E-state index in [1.165, 1.54) is 46.4 Å². The van der Waals surface area contributed by atoms with Crippen LogP contribution in [-0.4, -0.2) is 41.6 Å². The highest BCUT2D eigenvalue weighted by molar-refractivity contribution is 7.99. The van der Waals surface area contributed by atoms with Crippen LogP contribution in [0.2, 0.25) is 0 Å². The molecule has 0 aliphatic carbocycles. The topological polar surface area (TPSA) is 52.2 Å². The molecule has 5 heteroatoms. The first-order valence-corrected chi connectivity index (χ1v) is 10.1. The number of hydrogen-bond acceptors (Lipinski definition) is 2. The molecule has 3 N–H and O–H groups in total. The molecule has 0 amide bonds. The lowest BCUT2D eigenvalue weighted by Crippen LogP contribution is -2.45. The molecule has 1 aliphatic rings. The van der Waals surface area contributed by atoms with Crippen molar-refractivity contribution < 1.29 is 0 Å². The van der Waals surface area contributed by atoms with Gasteiger partial charge in [-0.15, -0.1) is 0 Å². The molecule has 1 aromatic heterocycles. The standard InChI is InChI=1S/C19H28N4S/c1-3-20-19(23-16-7-5-11-24-13-16)21-10-9-15-12-22-18-14(2)6-4-8-17(15)18/h4,6,8,12,16,22H,3,5,7,9-11,13H2,1-2H3,(H2,20,21,23). The van der Waals surface area contributed by atoms with Crippen LogP contribution in [0.1, 0.15) is 30.9 Å². The van der Waals surface area contributed by atoms with Gasteiger partial charge in [-0.2, -0.15) is 11.8 Å². The molecule has 24 heavy (non-hydrogen) atoms. The van der Waals surface area contributed by atoms with Crippen LogP contribution in [0.5, 0.6) is 0 Å². The number of benzene rings is 1. The van der Waals surface area contributed by atoms with E-state index in [2.05, 4.69) is 53.9 Å². The van der Waals surface area contributed by atoms with E-state index in [-0.39, 0.29) is 0 Å². The van der Waals surface area contributed by atoms with Crippen molar-refractivity contribution in [2.75, 3.05) is 24.6 Å². The molecule has 0 bridgehead atoms. The molecule has 1 aliphatic heterocycles. The molecular weight excluding hydrogens is 316 g/mol. The van der Waals surface area contributed by atoms with E-state index in [0.717, 1.165) is 25.5 Å². The van der Waals surface area contributed by atoms with Crippen LogP contribution in [-0.2, 0) is 6.42 Å². The van der Waals surface area contributed by atoms with Crippen LogP contribution >= 0.6 is 11.8 Å². The third kappa shape index (κ3) is 4.26. The van der Waals surface area contributed by atoms with Crippen molar-refractivity contribution >= 4 is 28.6 Å². The number of aromatic amines is 1. The molecule has 0 radical (unpaired) electrons. The maximum Gasteiger partial charge on any atom is 0.191 e. The molecule has 4 nitrogen and oxygen atoms in total. The number of guanidine groups is 1. The Hall–Kier alpha value is -1.62. The predicted molar refractivity (Wildman–Crippen MR) is 106 cm³/mol. The number of rotatable bonds is 5. The van der Waals surface area contributed by atoms with Gasteiger partial charge in [-0.1, -0.05) is 18.2 Å². The first-order chi connectivity index (χ1) is 11.8. The Kier molecular flexibility index (Phi) is 6.07. The van der Waals surface area contributed by atoms with E-state index >= 15 is 0 Å². The van der Waals surface area contributed by atoms with E-state index in [1.54, 1.807) is 0 Å². The van der Waals surface area contributed by atoms with Crippen LogP contribution in [0.4, 0.5) is 0 Å². The number of fused-ring (bicyclic) bond motifs is 1. The quantitative estimate of drug-likeness (QED) is 0.575. The van der Waals surface area contributed by atoms with Crippen molar-refractivity contribution in [2.45, 2.75) is 39.2 Å². The average molecular weight is 345 g/mol. The number of para-hydroxylation sites is 1. The van der Waals surface area contributed by atoms with Gasteiger partial charge in [-0.3, -0.25) is 4.99 Å². The zero-order valence-corrected chi connectivity index (χ0v) is 15.5. The highest BCUT2D eigenvalue weighted by Gasteiger charge is 2.14. The largest absolute Gasteiger partial charge is 0.361 e. The highest BCUT2D eigenvalue weighted by Crippen LogP contribution is 2.21. The third-order valence-corrected chi connectivity index (χ3v) is 5.72. The molecule has 0 saturated carbocycles. The van der Waals surface area contributed by atoms with E-state index in [4.69, 9.17) is 4.99 Å². The number of nitrogens with one attached hydrogen (secondary N) is 3. The lowest BCUT2D eigenvalue weighted by Gasteiger charge is -2.24. The molecule has 130 valence electrons. The number of aliphatic imine (C=N–C) groups is 1. The summed E-state index contributed by atoms with van der Waals surface area (Å²) in [7, 11) is 0. The molecule has 1 fully saturated rings. The number of hydrogen-bond donors (Lipinski definition) is 3. The number of aromatic nitrogens is 1. The third-order valence-electron chi connectivity index (χ3n) is 4.51. The van der Waals surface area contributed by atoms with Gasteiger partial charge < -0.3 is 15.6 Å². The van der Waals surface area contributed by atoms with Crippen LogP contribution in [0.3, 0.4) is 0 Å². The van der Waals surface area contributed by atoms with Crippen molar-refractivity contribution in [1.29, 1.82) is 0 Å². The van der Waals surface area contributed by atoms with Crippen LogP contribution < -0.4 is 10.6 Å². The van der Waals surface area contributed by atoms with Crippen molar-refractivity contribution in [3.05, 3.63) is 35.5 Å². The Morgan fingerprint density at radius 3 is 3.12 bits per heavy atom. The Morgan fingerprint density at radius 2 is 2.33 bits per heavy atom. The van der Waals surface area contributed by atoms with Gasteiger partial charge in [0, 0.05) is 42.0 Å². The van der Waals surface area contributed by atoms with Crippen molar-refractivity contribution in [2.24, 2.45) is 4.99 Å². The van der Waals surface area contributed by atoms with E-state index in [1.807, 2.05) is 11.8 Å². The average Bonchev–Trinajstić information content (AvgIpc) is 3.01. The zero-order chi connectivity index (χ0) is 16.8. The summed E-state index contributed by atoms with van der Waals surface area (Å²) in [4.78, 5) is 8.19. The highest BCUT2D eigenvalue weighted by atomic mass is 32.2. The molecule has 2 heterocycles. The van der Waals surface area contributed by atoms with Gasteiger partial charge in [0.25, 0.3) is 0 Å². The minimum absolute atomic E-state index is 0.553. The van der Waals surface area contributed by atoms with E-state index < -0.39 is 0 Å². The molecular formula is C19H28N4S. The van der Waals surface area contributed by atoms with Crippen molar-refractivity contribution in [1.82, 2.24) is 15.6 Å². The Labute approximate surface area is 148 Å². The molecule has 1 atom stereocenters. The first kappa shape index (κ1) is 17.2. The lowest BCUT2D eigenvalue weighted by molar-refractivity contribution is 0.582. The summed E-state index contributed by atoms with van der Waals surface area (Å²) in [6.07, 6.45) is 5.64. The minimum Gasteiger partial charge on any atom is -0.361 e. The normalized spacial score (nSPS) is 18.8.